The van der Waals surface area contributed by atoms with E-state index >= 15 is 0 Å². The van der Waals surface area contributed by atoms with Crippen molar-refractivity contribution >= 4 is 29.9 Å². The number of likely N-dealkylation sites (tertiary alicyclic amines) is 1. The maximum absolute atomic E-state index is 5.62. The summed E-state index contributed by atoms with van der Waals surface area (Å²) < 4.78 is 5.62. The summed E-state index contributed by atoms with van der Waals surface area (Å²) in [5.41, 5.74) is 3.15. The molecule has 4 nitrogen and oxygen atoms in total. The number of halogens is 1. The van der Waals surface area contributed by atoms with Crippen LogP contribution in [0.3, 0.4) is 0 Å². The van der Waals surface area contributed by atoms with Gasteiger partial charge in [-0.15, -0.1) is 24.0 Å². The standard InChI is InChI=1S/C18H27N3O.HI/c1-3-15-6-4-5-7-16(15)12-20-17(19-2)21-10-8-18(13-21)9-11-22-14-18;/h4-7H,3,8-14H2,1-2H3,(H,19,20);1H. The molecule has 0 saturated carbocycles. The minimum Gasteiger partial charge on any atom is -0.381 e. The second-order valence-electron chi connectivity index (χ2n) is 6.50. The van der Waals surface area contributed by atoms with Crippen molar-refractivity contribution in [2.24, 2.45) is 10.4 Å². The molecule has 0 bridgehead atoms. The Morgan fingerprint density at radius 2 is 2.09 bits per heavy atom. The number of aryl methyl sites for hydroxylation is 1. The van der Waals surface area contributed by atoms with Gasteiger partial charge in [0.25, 0.3) is 0 Å². The first-order valence-electron chi connectivity index (χ1n) is 8.36. The van der Waals surface area contributed by atoms with E-state index < -0.39 is 0 Å². The third-order valence-corrected chi connectivity index (χ3v) is 5.07. The summed E-state index contributed by atoms with van der Waals surface area (Å²) in [5.74, 6) is 1.02. The predicted molar refractivity (Wildman–Crippen MR) is 105 cm³/mol. The molecule has 1 spiro atoms. The van der Waals surface area contributed by atoms with Gasteiger partial charge in [-0.05, 0) is 30.4 Å². The molecule has 2 fully saturated rings. The highest BCUT2D eigenvalue weighted by molar-refractivity contribution is 14.0. The number of hydrogen-bond acceptors (Lipinski definition) is 2. The van der Waals surface area contributed by atoms with Crippen molar-refractivity contribution in [3.63, 3.8) is 0 Å². The van der Waals surface area contributed by atoms with Crippen LogP contribution in [0.15, 0.2) is 29.3 Å². The first-order valence-corrected chi connectivity index (χ1v) is 8.36. The molecule has 1 N–H and O–H groups in total. The van der Waals surface area contributed by atoms with Gasteiger partial charge in [0, 0.05) is 38.7 Å². The monoisotopic (exact) mass is 429 g/mol. The number of nitrogens with zero attached hydrogens (tertiary/aromatic N) is 2. The van der Waals surface area contributed by atoms with Gasteiger partial charge in [0.1, 0.15) is 0 Å². The Balaban J connectivity index is 0.00000192. The molecule has 2 saturated heterocycles. The fourth-order valence-electron chi connectivity index (χ4n) is 3.67. The van der Waals surface area contributed by atoms with Gasteiger partial charge in [-0.2, -0.15) is 0 Å². The summed E-state index contributed by atoms with van der Waals surface area (Å²) in [6, 6.07) is 8.64. The number of ether oxygens (including phenoxy) is 1. The molecule has 0 amide bonds. The molecule has 2 aliphatic heterocycles. The van der Waals surface area contributed by atoms with Crippen LogP contribution in [-0.2, 0) is 17.7 Å². The number of rotatable bonds is 3. The van der Waals surface area contributed by atoms with E-state index in [1.807, 2.05) is 7.05 Å². The van der Waals surface area contributed by atoms with Crippen LogP contribution in [-0.4, -0.2) is 44.2 Å². The summed E-state index contributed by atoms with van der Waals surface area (Å²) in [7, 11) is 1.88. The van der Waals surface area contributed by atoms with Crippen LogP contribution in [0.4, 0.5) is 0 Å². The number of aliphatic imine (C=N–C) groups is 1. The Morgan fingerprint density at radius 3 is 2.74 bits per heavy atom. The fourth-order valence-corrected chi connectivity index (χ4v) is 3.67. The second kappa shape index (κ2) is 8.33. The molecule has 1 unspecified atom stereocenters. The minimum atomic E-state index is 0. The zero-order chi connectivity index (χ0) is 15.4. The maximum atomic E-state index is 5.62. The number of nitrogens with one attached hydrogen (secondary N) is 1. The van der Waals surface area contributed by atoms with Gasteiger partial charge in [0.2, 0.25) is 0 Å². The zero-order valence-electron chi connectivity index (χ0n) is 14.2. The van der Waals surface area contributed by atoms with Gasteiger partial charge in [-0.1, -0.05) is 31.2 Å². The highest BCUT2D eigenvalue weighted by Gasteiger charge is 2.42. The second-order valence-corrected chi connectivity index (χ2v) is 6.50. The van der Waals surface area contributed by atoms with Crippen LogP contribution in [0.5, 0.6) is 0 Å². The Kier molecular flexibility index (Phi) is 6.71. The largest absolute Gasteiger partial charge is 0.381 e. The van der Waals surface area contributed by atoms with Crippen molar-refractivity contribution in [3.8, 4) is 0 Å². The summed E-state index contributed by atoms with van der Waals surface area (Å²) >= 11 is 0. The van der Waals surface area contributed by atoms with Gasteiger partial charge in [-0.3, -0.25) is 4.99 Å². The van der Waals surface area contributed by atoms with Crippen molar-refractivity contribution < 1.29 is 4.74 Å². The summed E-state index contributed by atoms with van der Waals surface area (Å²) in [4.78, 5) is 6.88. The minimum absolute atomic E-state index is 0. The van der Waals surface area contributed by atoms with Crippen LogP contribution in [0.1, 0.15) is 30.9 Å². The lowest BCUT2D eigenvalue weighted by atomic mass is 9.87. The molecule has 1 aromatic rings. The lowest BCUT2D eigenvalue weighted by Crippen LogP contribution is -2.41. The Bertz CT molecular complexity index is 541. The van der Waals surface area contributed by atoms with Crippen molar-refractivity contribution in [2.75, 3.05) is 33.4 Å². The van der Waals surface area contributed by atoms with E-state index in [0.717, 1.165) is 45.2 Å². The van der Waals surface area contributed by atoms with E-state index in [2.05, 4.69) is 46.4 Å². The maximum Gasteiger partial charge on any atom is 0.193 e. The Morgan fingerprint density at radius 1 is 1.30 bits per heavy atom. The van der Waals surface area contributed by atoms with Crippen molar-refractivity contribution in [2.45, 2.75) is 32.7 Å². The molecule has 5 heteroatoms. The molecule has 1 aromatic carbocycles. The summed E-state index contributed by atoms with van der Waals surface area (Å²) in [6.07, 6.45) is 3.49. The molecular weight excluding hydrogens is 401 g/mol. The topological polar surface area (TPSA) is 36.9 Å². The van der Waals surface area contributed by atoms with Gasteiger partial charge in [0.15, 0.2) is 5.96 Å². The average Bonchev–Trinajstić information content (AvgIpc) is 3.19. The normalized spacial score (nSPS) is 24.1. The van der Waals surface area contributed by atoms with E-state index in [1.165, 1.54) is 24.0 Å². The van der Waals surface area contributed by atoms with E-state index in [9.17, 15) is 0 Å². The predicted octanol–water partition coefficient (Wildman–Crippen LogP) is 3.05. The molecule has 3 rings (SSSR count). The zero-order valence-corrected chi connectivity index (χ0v) is 16.5. The van der Waals surface area contributed by atoms with E-state index in [0.29, 0.717) is 5.41 Å². The van der Waals surface area contributed by atoms with E-state index in [1.54, 1.807) is 0 Å². The summed E-state index contributed by atoms with van der Waals surface area (Å²) in [5, 5.41) is 3.54. The molecule has 23 heavy (non-hydrogen) atoms. The molecular formula is C18H28IN3O. The molecule has 2 heterocycles. The van der Waals surface area contributed by atoms with Crippen LogP contribution in [0.2, 0.25) is 0 Å². The van der Waals surface area contributed by atoms with Crippen LogP contribution in [0, 0.1) is 5.41 Å². The fraction of sp³-hybridized carbons (Fsp3) is 0.611. The Labute approximate surface area is 156 Å². The summed E-state index contributed by atoms with van der Waals surface area (Å²) in [6.45, 7) is 7.04. The molecule has 0 aliphatic carbocycles. The van der Waals surface area contributed by atoms with Crippen LogP contribution >= 0.6 is 24.0 Å². The molecule has 0 radical (unpaired) electrons. The Hall–Kier alpha value is -0.820. The van der Waals surface area contributed by atoms with Gasteiger partial charge >= 0.3 is 0 Å². The van der Waals surface area contributed by atoms with Crippen molar-refractivity contribution in [3.05, 3.63) is 35.4 Å². The molecule has 2 aliphatic rings. The quantitative estimate of drug-likeness (QED) is 0.456. The van der Waals surface area contributed by atoms with Gasteiger partial charge in [-0.25, -0.2) is 0 Å². The van der Waals surface area contributed by atoms with Crippen LogP contribution in [0.25, 0.3) is 0 Å². The first kappa shape index (κ1) is 18.5. The van der Waals surface area contributed by atoms with E-state index in [4.69, 9.17) is 4.74 Å². The number of hydrogen-bond donors (Lipinski definition) is 1. The van der Waals surface area contributed by atoms with Gasteiger partial charge < -0.3 is 15.0 Å². The molecule has 128 valence electrons. The lowest BCUT2D eigenvalue weighted by Gasteiger charge is -2.25. The van der Waals surface area contributed by atoms with Crippen LogP contribution < -0.4 is 5.32 Å². The highest BCUT2D eigenvalue weighted by Crippen LogP contribution is 2.38. The molecule has 1 atom stereocenters. The SMILES string of the molecule is CCc1ccccc1CNC(=NC)N1CCC2(CCOC2)C1.I. The molecule has 0 aromatic heterocycles. The number of benzene rings is 1. The third-order valence-electron chi connectivity index (χ3n) is 5.07. The third kappa shape index (κ3) is 4.18. The van der Waals surface area contributed by atoms with Crippen molar-refractivity contribution in [1.82, 2.24) is 10.2 Å². The van der Waals surface area contributed by atoms with Gasteiger partial charge in [0.05, 0.1) is 6.61 Å². The highest BCUT2D eigenvalue weighted by atomic mass is 127. The lowest BCUT2D eigenvalue weighted by molar-refractivity contribution is 0.156. The first-order chi connectivity index (χ1) is 10.8. The number of guanidine groups is 1. The van der Waals surface area contributed by atoms with E-state index in [-0.39, 0.29) is 24.0 Å². The smallest absolute Gasteiger partial charge is 0.193 e. The van der Waals surface area contributed by atoms with Crippen molar-refractivity contribution in [1.29, 1.82) is 0 Å². The average molecular weight is 429 g/mol.